The summed E-state index contributed by atoms with van der Waals surface area (Å²) in [5.74, 6) is 0.603. The lowest BCUT2D eigenvalue weighted by atomic mass is 10.1. The van der Waals surface area contributed by atoms with Crippen LogP contribution in [0.4, 0.5) is 17.1 Å². The van der Waals surface area contributed by atoms with Crippen LogP contribution in [0.15, 0.2) is 36.4 Å². The largest absolute Gasteiger partial charge is 0.495 e. The van der Waals surface area contributed by atoms with Crippen LogP contribution < -0.4 is 15.8 Å². The van der Waals surface area contributed by atoms with E-state index in [-0.39, 0.29) is 0 Å². The molecule has 0 fully saturated rings. The molecular weight excluding hydrogens is 262 g/mol. The van der Waals surface area contributed by atoms with Gasteiger partial charge in [-0.25, -0.2) is 0 Å². The number of hydrogen-bond donors (Lipinski definition) is 2. The van der Waals surface area contributed by atoms with Gasteiger partial charge < -0.3 is 15.8 Å². The van der Waals surface area contributed by atoms with Crippen molar-refractivity contribution in [1.82, 2.24) is 0 Å². The number of para-hydroxylation sites is 1. The van der Waals surface area contributed by atoms with Gasteiger partial charge in [-0.3, -0.25) is 0 Å². The highest BCUT2D eigenvalue weighted by atomic mass is 35.5. The summed E-state index contributed by atoms with van der Waals surface area (Å²) in [5.41, 5.74) is 8.18. The molecular formula is C14H12ClN3O. The number of nitrogens with zero attached hydrogens (tertiary/aromatic N) is 1. The maximum absolute atomic E-state index is 8.93. The van der Waals surface area contributed by atoms with Crippen molar-refractivity contribution in [3.8, 4) is 11.8 Å². The average molecular weight is 274 g/mol. The van der Waals surface area contributed by atoms with Crippen LogP contribution in [0.1, 0.15) is 5.56 Å². The van der Waals surface area contributed by atoms with Gasteiger partial charge in [0, 0.05) is 5.69 Å². The second-order valence-electron chi connectivity index (χ2n) is 3.85. The Hall–Kier alpha value is -2.38. The monoisotopic (exact) mass is 273 g/mol. The zero-order chi connectivity index (χ0) is 13.8. The molecule has 0 aliphatic rings. The SMILES string of the molecule is COc1ccc(Nc2cccc(C#N)c2N)cc1Cl. The molecule has 0 aliphatic heterocycles. The molecule has 19 heavy (non-hydrogen) atoms. The van der Waals surface area contributed by atoms with Gasteiger partial charge in [-0.1, -0.05) is 17.7 Å². The summed E-state index contributed by atoms with van der Waals surface area (Å²) in [5, 5.41) is 12.6. The highest BCUT2D eigenvalue weighted by molar-refractivity contribution is 6.32. The third-order valence-electron chi connectivity index (χ3n) is 2.66. The highest BCUT2D eigenvalue weighted by Crippen LogP contribution is 2.31. The summed E-state index contributed by atoms with van der Waals surface area (Å²) < 4.78 is 5.08. The van der Waals surface area contributed by atoms with Crippen molar-refractivity contribution in [2.24, 2.45) is 0 Å². The Morgan fingerprint density at radius 2 is 2.11 bits per heavy atom. The van der Waals surface area contributed by atoms with E-state index >= 15 is 0 Å². The molecule has 0 bridgehead atoms. The minimum absolute atomic E-state index is 0.414. The van der Waals surface area contributed by atoms with Crippen LogP contribution in [0, 0.1) is 11.3 Å². The number of nitriles is 1. The Bertz CT molecular complexity index is 650. The zero-order valence-corrected chi connectivity index (χ0v) is 11.0. The van der Waals surface area contributed by atoms with Crippen molar-refractivity contribution < 1.29 is 4.74 Å². The summed E-state index contributed by atoms with van der Waals surface area (Å²) >= 11 is 6.05. The number of halogens is 1. The maximum atomic E-state index is 8.93. The smallest absolute Gasteiger partial charge is 0.137 e. The molecule has 4 nitrogen and oxygen atoms in total. The molecule has 2 aromatic carbocycles. The maximum Gasteiger partial charge on any atom is 0.137 e. The van der Waals surface area contributed by atoms with Crippen LogP contribution in [0.25, 0.3) is 0 Å². The van der Waals surface area contributed by atoms with Crippen LogP contribution in [0.2, 0.25) is 5.02 Å². The molecule has 0 amide bonds. The molecule has 0 aromatic heterocycles. The molecule has 3 N–H and O–H groups in total. The second kappa shape index (κ2) is 5.51. The van der Waals surface area contributed by atoms with Gasteiger partial charge in [0.05, 0.1) is 29.1 Å². The fraction of sp³-hybridized carbons (Fsp3) is 0.0714. The molecule has 96 valence electrons. The van der Waals surface area contributed by atoms with Crippen LogP contribution in [0.5, 0.6) is 5.75 Å². The minimum atomic E-state index is 0.414. The summed E-state index contributed by atoms with van der Waals surface area (Å²) in [6.45, 7) is 0. The molecule has 0 aliphatic carbocycles. The van der Waals surface area contributed by atoms with Crippen LogP contribution in [-0.4, -0.2) is 7.11 Å². The molecule has 5 heteroatoms. The van der Waals surface area contributed by atoms with E-state index in [0.717, 1.165) is 5.69 Å². The number of rotatable bonds is 3. The molecule has 0 saturated carbocycles. The number of nitrogens with one attached hydrogen (secondary N) is 1. The molecule has 0 heterocycles. The molecule has 2 aromatic rings. The lowest BCUT2D eigenvalue weighted by Crippen LogP contribution is -1.98. The highest BCUT2D eigenvalue weighted by Gasteiger charge is 2.06. The number of nitrogens with two attached hydrogens (primary N) is 1. The van der Waals surface area contributed by atoms with E-state index in [1.165, 1.54) is 0 Å². The number of benzene rings is 2. The van der Waals surface area contributed by atoms with E-state index in [1.807, 2.05) is 12.1 Å². The van der Waals surface area contributed by atoms with Gasteiger partial charge in [0.15, 0.2) is 0 Å². The Labute approximate surface area is 116 Å². The molecule has 0 spiro atoms. The van der Waals surface area contributed by atoms with Gasteiger partial charge in [0.2, 0.25) is 0 Å². The van der Waals surface area contributed by atoms with Gasteiger partial charge in [-0.15, -0.1) is 0 Å². The summed E-state index contributed by atoms with van der Waals surface area (Å²) in [6, 6.07) is 12.6. The summed E-state index contributed by atoms with van der Waals surface area (Å²) in [7, 11) is 1.56. The topological polar surface area (TPSA) is 71.1 Å². The Kier molecular flexibility index (Phi) is 3.79. The van der Waals surface area contributed by atoms with E-state index in [9.17, 15) is 0 Å². The Morgan fingerprint density at radius 1 is 1.32 bits per heavy atom. The van der Waals surface area contributed by atoms with Crippen molar-refractivity contribution >= 4 is 28.7 Å². The van der Waals surface area contributed by atoms with Crippen LogP contribution in [0.3, 0.4) is 0 Å². The fourth-order valence-electron chi connectivity index (χ4n) is 1.67. The van der Waals surface area contributed by atoms with E-state index in [2.05, 4.69) is 5.32 Å². The first-order chi connectivity index (χ1) is 9.15. The quantitative estimate of drug-likeness (QED) is 0.839. The van der Waals surface area contributed by atoms with Gasteiger partial charge in [0.25, 0.3) is 0 Å². The van der Waals surface area contributed by atoms with Crippen LogP contribution >= 0.6 is 11.6 Å². The van der Waals surface area contributed by atoms with Crippen molar-refractivity contribution in [2.75, 3.05) is 18.2 Å². The van der Waals surface area contributed by atoms with Crippen molar-refractivity contribution in [3.05, 3.63) is 47.0 Å². The van der Waals surface area contributed by atoms with E-state index < -0.39 is 0 Å². The fourth-order valence-corrected chi connectivity index (χ4v) is 1.93. The third kappa shape index (κ3) is 2.72. The van der Waals surface area contributed by atoms with Crippen molar-refractivity contribution in [1.29, 1.82) is 5.26 Å². The predicted octanol–water partition coefficient (Wildman–Crippen LogP) is 3.55. The predicted molar refractivity (Wildman–Crippen MR) is 76.9 cm³/mol. The minimum Gasteiger partial charge on any atom is -0.495 e. The normalized spacial score (nSPS) is 9.74. The lowest BCUT2D eigenvalue weighted by molar-refractivity contribution is 0.415. The van der Waals surface area contributed by atoms with Crippen molar-refractivity contribution in [2.45, 2.75) is 0 Å². The molecule has 0 radical (unpaired) electrons. The first-order valence-electron chi connectivity index (χ1n) is 5.55. The lowest BCUT2D eigenvalue weighted by Gasteiger charge is -2.11. The van der Waals surface area contributed by atoms with Gasteiger partial charge in [-0.2, -0.15) is 5.26 Å². The van der Waals surface area contributed by atoms with Gasteiger partial charge in [-0.05, 0) is 30.3 Å². The molecule has 0 atom stereocenters. The number of hydrogen-bond acceptors (Lipinski definition) is 4. The number of ether oxygens (including phenoxy) is 1. The Morgan fingerprint density at radius 3 is 2.74 bits per heavy atom. The first-order valence-corrected chi connectivity index (χ1v) is 5.92. The van der Waals surface area contributed by atoms with Gasteiger partial charge >= 0.3 is 0 Å². The molecule has 2 rings (SSSR count). The van der Waals surface area contributed by atoms with E-state index in [4.69, 9.17) is 27.3 Å². The van der Waals surface area contributed by atoms with Crippen molar-refractivity contribution in [3.63, 3.8) is 0 Å². The second-order valence-corrected chi connectivity index (χ2v) is 4.26. The molecule has 0 unspecified atom stereocenters. The third-order valence-corrected chi connectivity index (χ3v) is 2.95. The standard InChI is InChI=1S/C14H12ClN3O/c1-19-13-6-5-10(7-11(13)15)18-12-4-2-3-9(8-16)14(12)17/h2-7,18H,17H2,1H3. The number of nitrogen functional groups attached to an aromatic ring is 1. The first kappa shape index (κ1) is 13.1. The number of methoxy groups -OCH3 is 1. The van der Waals surface area contributed by atoms with E-state index in [1.54, 1.807) is 37.4 Å². The summed E-state index contributed by atoms with van der Waals surface area (Å²) in [6.07, 6.45) is 0. The van der Waals surface area contributed by atoms with Crippen LogP contribution in [-0.2, 0) is 0 Å². The number of anilines is 3. The van der Waals surface area contributed by atoms with Gasteiger partial charge in [0.1, 0.15) is 11.8 Å². The molecule has 0 saturated heterocycles. The zero-order valence-electron chi connectivity index (χ0n) is 10.3. The summed E-state index contributed by atoms with van der Waals surface area (Å²) in [4.78, 5) is 0. The Balaban J connectivity index is 2.32. The van der Waals surface area contributed by atoms with E-state index in [0.29, 0.717) is 27.7 Å². The average Bonchev–Trinajstić information content (AvgIpc) is 2.41.